The fraction of sp³-hybridized carbons (Fsp3) is 0.111. The molecular weight excluding hydrogens is 230 g/mol. The Labute approximate surface area is 113 Å². The third-order valence-electron chi connectivity index (χ3n) is 3.46. The Morgan fingerprint density at radius 3 is 2.42 bits per heavy atom. The summed E-state index contributed by atoms with van der Waals surface area (Å²) in [6, 6.07) is 17.1. The number of rotatable bonds is 2. The zero-order valence-corrected chi connectivity index (χ0v) is 11.3. The molecular formula is C18H17N. The van der Waals surface area contributed by atoms with E-state index in [1.165, 1.54) is 27.6 Å². The lowest BCUT2D eigenvalue weighted by Gasteiger charge is -1.95. The number of nitrogens with zero attached hydrogens (tertiary/aromatic N) is 1. The Kier molecular flexibility index (Phi) is 2.96. The third kappa shape index (κ3) is 2.32. The first-order valence-corrected chi connectivity index (χ1v) is 6.53. The van der Waals surface area contributed by atoms with Gasteiger partial charge in [-0.1, -0.05) is 60.2 Å². The van der Waals surface area contributed by atoms with Crippen LogP contribution in [0.5, 0.6) is 0 Å². The maximum absolute atomic E-state index is 2.19. The predicted molar refractivity (Wildman–Crippen MR) is 83.0 cm³/mol. The van der Waals surface area contributed by atoms with Crippen LogP contribution in [0.1, 0.15) is 16.7 Å². The topological polar surface area (TPSA) is 4.93 Å². The van der Waals surface area contributed by atoms with Crippen LogP contribution >= 0.6 is 0 Å². The minimum absolute atomic E-state index is 1.23. The molecule has 1 heterocycles. The van der Waals surface area contributed by atoms with Gasteiger partial charge < -0.3 is 4.57 Å². The van der Waals surface area contributed by atoms with Crippen LogP contribution < -0.4 is 0 Å². The number of aryl methyl sites for hydroxylation is 2. The predicted octanol–water partition coefficient (Wildman–Crippen LogP) is 4.66. The Morgan fingerprint density at radius 1 is 0.895 bits per heavy atom. The van der Waals surface area contributed by atoms with Crippen molar-refractivity contribution >= 4 is 23.1 Å². The van der Waals surface area contributed by atoms with Crippen LogP contribution in [0.25, 0.3) is 23.1 Å². The van der Waals surface area contributed by atoms with Crippen molar-refractivity contribution in [3.8, 4) is 0 Å². The molecule has 1 aromatic heterocycles. The molecule has 0 radical (unpaired) electrons. The fourth-order valence-corrected chi connectivity index (χ4v) is 2.37. The summed E-state index contributed by atoms with van der Waals surface area (Å²) in [6.07, 6.45) is 6.53. The van der Waals surface area contributed by atoms with Crippen molar-refractivity contribution in [1.29, 1.82) is 0 Å². The van der Waals surface area contributed by atoms with Crippen LogP contribution in [0.4, 0.5) is 0 Å². The molecule has 0 aliphatic carbocycles. The van der Waals surface area contributed by atoms with E-state index >= 15 is 0 Å². The van der Waals surface area contributed by atoms with Gasteiger partial charge in [0.2, 0.25) is 0 Å². The molecule has 0 bridgehead atoms. The lowest BCUT2D eigenvalue weighted by atomic mass is 10.1. The number of para-hydroxylation sites is 1. The smallest absolute Gasteiger partial charge is 0.0483 e. The summed E-state index contributed by atoms with van der Waals surface area (Å²) >= 11 is 0. The van der Waals surface area contributed by atoms with Crippen molar-refractivity contribution in [2.24, 2.45) is 7.05 Å². The summed E-state index contributed by atoms with van der Waals surface area (Å²) in [5, 5.41) is 1.30. The first-order valence-electron chi connectivity index (χ1n) is 6.53. The van der Waals surface area contributed by atoms with Gasteiger partial charge in [0.15, 0.2) is 0 Å². The van der Waals surface area contributed by atoms with Crippen molar-refractivity contribution in [1.82, 2.24) is 4.57 Å². The van der Waals surface area contributed by atoms with Crippen LogP contribution in [-0.2, 0) is 7.05 Å². The van der Waals surface area contributed by atoms with Crippen LogP contribution in [0.3, 0.4) is 0 Å². The van der Waals surface area contributed by atoms with E-state index in [0.29, 0.717) is 0 Å². The SMILES string of the molecule is Cc1ccc(C=Cc2cn(C)c3ccccc23)cc1. The molecule has 0 N–H and O–H groups in total. The van der Waals surface area contributed by atoms with E-state index in [9.17, 15) is 0 Å². The quantitative estimate of drug-likeness (QED) is 0.621. The molecule has 1 heteroatoms. The second kappa shape index (κ2) is 4.77. The lowest BCUT2D eigenvalue weighted by Crippen LogP contribution is -1.81. The second-order valence-corrected chi connectivity index (χ2v) is 4.96. The summed E-state index contributed by atoms with van der Waals surface area (Å²) < 4.78 is 2.17. The minimum atomic E-state index is 1.23. The minimum Gasteiger partial charge on any atom is -0.350 e. The van der Waals surface area contributed by atoms with Gasteiger partial charge in [-0.25, -0.2) is 0 Å². The lowest BCUT2D eigenvalue weighted by molar-refractivity contribution is 0.968. The molecule has 94 valence electrons. The van der Waals surface area contributed by atoms with Gasteiger partial charge in [-0.05, 0) is 24.1 Å². The molecule has 3 aromatic rings. The molecule has 0 saturated carbocycles. The van der Waals surface area contributed by atoms with Crippen molar-refractivity contribution < 1.29 is 0 Å². The number of hydrogen-bond acceptors (Lipinski definition) is 0. The second-order valence-electron chi connectivity index (χ2n) is 4.96. The molecule has 0 spiro atoms. The molecule has 1 nitrogen and oxygen atoms in total. The van der Waals surface area contributed by atoms with E-state index in [1.807, 2.05) is 0 Å². The van der Waals surface area contributed by atoms with Crippen LogP contribution in [0.2, 0.25) is 0 Å². The Balaban J connectivity index is 1.99. The highest BCUT2D eigenvalue weighted by molar-refractivity contribution is 5.91. The van der Waals surface area contributed by atoms with Crippen LogP contribution in [-0.4, -0.2) is 4.57 Å². The van der Waals surface area contributed by atoms with Gasteiger partial charge in [-0.3, -0.25) is 0 Å². The molecule has 0 fully saturated rings. The fourth-order valence-electron chi connectivity index (χ4n) is 2.37. The van der Waals surface area contributed by atoms with Gasteiger partial charge in [0.25, 0.3) is 0 Å². The number of benzene rings is 2. The van der Waals surface area contributed by atoms with E-state index in [4.69, 9.17) is 0 Å². The molecule has 0 aliphatic heterocycles. The van der Waals surface area contributed by atoms with Gasteiger partial charge in [-0.15, -0.1) is 0 Å². The Morgan fingerprint density at radius 2 is 1.63 bits per heavy atom. The molecule has 19 heavy (non-hydrogen) atoms. The average Bonchev–Trinajstić information content (AvgIpc) is 2.76. The first kappa shape index (κ1) is 11.8. The van der Waals surface area contributed by atoms with Crippen molar-refractivity contribution in [3.05, 3.63) is 71.4 Å². The standard InChI is InChI=1S/C18H17N/c1-14-7-9-15(10-8-14)11-12-16-13-19(2)18-6-4-3-5-17(16)18/h3-13H,1-2H3. The number of hydrogen-bond donors (Lipinski definition) is 0. The zero-order valence-electron chi connectivity index (χ0n) is 11.3. The molecule has 0 saturated heterocycles. The largest absolute Gasteiger partial charge is 0.350 e. The van der Waals surface area contributed by atoms with E-state index in [0.717, 1.165) is 0 Å². The Hall–Kier alpha value is -2.28. The third-order valence-corrected chi connectivity index (χ3v) is 3.46. The van der Waals surface area contributed by atoms with E-state index in [2.05, 4.69) is 85.4 Å². The molecule has 3 rings (SSSR count). The van der Waals surface area contributed by atoms with Crippen molar-refractivity contribution in [2.45, 2.75) is 6.92 Å². The van der Waals surface area contributed by atoms with Crippen LogP contribution in [0, 0.1) is 6.92 Å². The normalized spacial score (nSPS) is 11.5. The summed E-state index contributed by atoms with van der Waals surface area (Å²) in [7, 11) is 2.09. The van der Waals surface area contributed by atoms with E-state index < -0.39 is 0 Å². The summed E-state index contributed by atoms with van der Waals surface area (Å²) in [4.78, 5) is 0. The number of aromatic nitrogens is 1. The van der Waals surface area contributed by atoms with E-state index in [1.54, 1.807) is 0 Å². The average molecular weight is 247 g/mol. The summed E-state index contributed by atoms with van der Waals surface area (Å²) in [5.74, 6) is 0. The van der Waals surface area contributed by atoms with Gasteiger partial charge in [0.1, 0.15) is 0 Å². The van der Waals surface area contributed by atoms with Crippen LogP contribution in [0.15, 0.2) is 54.7 Å². The maximum atomic E-state index is 2.19. The Bertz CT molecular complexity index is 730. The van der Waals surface area contributed by atoms with Gasteiger partial charge in [-0.2, -0.15) is 0 Å². The van der Waals surface area contributed by atoms with Gasteiger partial charge >= 0.3 is 0 Å². The maximum Gasteiger partial charge on any atom is 0.0483 e. The summed E-state index contributed by atoms with van der Waals surface area (Å²) in [5.41, 5.74) is 5.06. The molecule has 0 amide bonds. The zero-order chi connectivity index (χ0) is 13.2. The molecule has 0 atom stereocenters. The van der Waals surface area contributed by atoms with Gasteiger partial charge in [0.05, 0.1) is 0 Å². The van der Waals surface area contributed by atoms with Crippen molar-refractivity contribution in [2.75, 3.05) is 0 Å². The van der Waals surface area contributed by atoms with Crippen molar-refractivity contribution in [3.63, 3.8) is 0 Å². The highest BCUT2D eigenvalue weighted by Gasteiger charge is 2.02. The molecule has 2 aromatic carbocycles. The molecule has 0 unspecified atom stereocenters. The highest BCUT2D eigenvalue weighted by Crippen LogP contribution is 2.22. The molecule has 0 aliphatic rings. The van der Waals surface area contributed by atoms with E-state index in [-0.39, 0.29) is 0 Å². The number of fused-ring (bicyclic) bond motifs is 1. The monoisotopic (exact) mass is 247 g/mol. The first-order chi connectivity index (χ1) is 9.24. The summed E-state index contributed by atoms with van der Waals surface area (Å²) in [6.45, 7) is 2.11. The highest BCUT2D eigenvalue weighted by atomic mass is 14.9. The van der Waals surface area contributed by atoms with Gasteiger partial charge in [0, 0.05) is 24.1 Å².